The number of carbonyl (C=O) groups is 3. The molecule has 3 aliphatic heterocycles. The molecule has 5 rings (SSSR count). The van der Waals surface area contributed by atoms with Gasteiger partial charge in [-0.15, -0.1) is 0 Å². The number of urea groups is 1. The molecule has 2 atom stereocenters. The third-order valence-corrected chi connectivity index (χ3v) is 8.44. The first-order valence-corrected chi connectivity index (χ1v) is 13.1. The van der Waals surface area contributed by atoms with Crippen molar-refractivity contribution in [3.8, 4) is 5.88 Å². The number of aromatic nitrogens is 2. The SMILES string of the molecule is CC[C@H](C)n1c(O)c(C=Nc2ccc3c(c2)CC2(C(=O)N(C)C(=O)N(C)C2=O)[C@H]2CCCN32)c(=O)[nH]c1=S. The van der Waals surface area contributed by atoms with Gasteiger partial charge in [-0.1, -0.05) is 6.92 Å². The summed E-state index contributed by atoms with van der Waals surface area (Å²) in [6.45, 7) is 4.52. The molecular weight excluding hydrogens is 508 g/mol. The van der Waals surface area contributed by atoms with Crippen molar-refractivity contribution >= 4 is 47.7 Å². The number of anilines is 1. The van der Waals surface area contributed by atoms with Crippen LogP contribution >= 0.6 is 12.2 Å². The summed E-state index contributed by atoms with van der Waals surface area (Å²) in [6.07, 6.45) is 3.62. The Morgan fingerprint density at radius 1 is 1.21 bits per heavy atom. The van der Waals surface area contributed by atoms with E-state index in [1.807, 2.05) is 19.9 Å². The quantitative estimate of drug-likeness (QED) is 0.348. The zero-order chi connectivity index (χ0) is 27.5. The van der Waals surface area contributed by atoms with Gasteiger partial charge in [-0.05, 0) is 68.6 Å². The molecule has 0 bridgehead atoms. The number of barbiturate groups is 1. The van der Waals surface area contributed by atoms with Crippen molar-refractivity contribution in [2.45, 2.75) is 51.6 Å². The first-order chi connectivity index (χ1) is 18.0. The van der Waals surface area contributed by atoms with Gasteiger partial charge in [0.1, 0.15) is 5.56 Å². The first-order valence-electron chi connectivity index (χ1n) is 12.6. The predicted molar refractivity (Wildman–Crippen MR) is 144 cm³/mol. The monoisotopic (exact) mass is 538 g/mol. The maximum atomic E-state index is 13.6. The van der Waals surface area contributed by atoms with Crippen molar-refractivity contribution in [2.24, 2.45) is 10.4 Å². The number of H-pyrrole nitrogens is 1. The van der Waals surface area contributed by atoms with Crippen LogP contribution in [0.1, 0.15) is 50.3 Å². The van der Waals surface area contributed by atoms with Crippen LogP contribution in [-0.4, -0.2) is 75.2 Å². The zero-order valence-corrected chi connectivity index (χ0v) is 22.5. The van der Waals surface area contributed by atoms with Gasteiger partial charge >= 0.3 is 6.03 Å². The highest BCUT2D eigenvalue weighted by molar-refractivity contribution is 7.71. The lowest BCUT2D eigenvalue weighted by molar-refractivity contribution is -0.159. The lowest BCUT2D eigenvalue weighted by Crippen LogP contribution is -2.70. The van der Waals surface area contributed by atoms with Gasteiger partial charge in [0.2, 0.25) is 17.7 Å². The normalized spacial score (nSPS) is 21.4. The molecule has 0 radical (unpaired) electrons. The van der Waals surface area contributed by atoms with E-state index in [9.17, 15) is 24.3 Å². The number of aromatic hydroxyl groups is 1. The Morgan fingerprint density at radius 3 is 2.55 bits per heavy atom. The van der Waals surface area contributed by atoms with Gasteiger partial charge in [0.05, 0.1) is 11.7 Å². The number of rotatable bonds is 4. The summed E-state index contributed by atoms with van der Waals surface area (Å²) in [6, 6.07) is 4.38. The highest BCUT2D eigenvalue weighted by Crippen LogP contribution is 2.49. The van der Waals surface area contributed by atoms with Crippen molar-refractivity contribution in [1.29, 1.82) is 0 Å². The highest BCUT2D eigenvalue weighted by Gasteiger charge is 2.63. The summed E-state index contributed by atoms with van der Waals surface area (Å²) < 4.78 is 1.62. The molecule has 1 aromatic heterocycles. The van der Waals surface area contributed by atoms with Crippen LogP contribution < -0.4 is 10.5 Å². The Kier molecular flexibility index (Phi) is 6.25. The molecule has 2 N–H and O–H groups in total. The van der Waals surface area contributed by atoms with Crippen molar-refractivity contribution in [3.05, 3.63) is 44.5 Å². The van der Waals surface area contributed by atoms with E-state index in [0.29, 0.717) is 25.1 Å². The molecule has 2 fully saturated rings. The third-order valence-electron chi connectivity index (χ3n) is 8.14. The van der Waals surface area contributed by atoms with E-state index < -0.39 is 28.8 Å². The average Bonchev–Trinajstić information content (AvgIpc) is 3.40. The Hall–Kier alpha value is -3.80. The van der Waals surface area contributed by atoms with Crippen LogP contribution in [0.5, 0.6) is 5.88 Å². The fraction of sp³-hybridized carbons (Fsp3) is 0.462. The van der Waals surface area contributed by atoms with Crippen LogP contribution in [0, 0.1) is 10.2 Å². The molecule has 0 saturated carbocycles. The van der Waals surface area contributed by atoms with Gasteiger partial charge in [-0.25, -0.2) is 4.79 Å². The zero-order valence-electron chi connectivity index (χ0n) is 21.7. The Balaban J connectivity index is 1.57. The lowest BCUT2D eigenvalue weighted by atomic mass is 9.68. The number of aromatic amines is 1. The summed E-state index contributed by atoms with van der Waals surface area (Å²) in [5.41, 5.74) is 0.185. The molecule has 2 saturated heterocycles. The Bertz CT molecular complexity index is 1490. The van der Waals surface area contributed by atoms with E-state index in [2.05, 4.69) is 14.9 Å². The number of nitrogens with one attached hydrogen (secondary N) is 1. The highest BCUT2D eigenvalue weighted by atomic mass is 32.1. The average molecular weight is 539 g/mol. The fourth-order valence-corrected chi connectivity index (χ4v) is 6.34. The van der Waals surface area contributed by atoms with Crippen LogP contribution in [-0.2, 0) is 16.0 Å². The molecule has 11 nitrogen and oxygen atoms in total. The van der Waals surface area contributed by atoms with Crippen LogP contribution in [0.4, 0.5) is 16.2 Å². The molecule has 0 unspecified atom stereocenters. The topological polar surface area (TPSA) is 131 Å². The number of nitrogens with zero attached hydrogens (tertiary/aromatic N) is 5. The maximum absolute atomic E-state index is 13.6. The molecule has 2 aromatic rings. The smallest absolute Gasteiger partial charge is 0.332 e. The number of fused-ring (bicyclic) bond motifs is 4. The molecule has 1 spiro atoms. The molecular formula is C26H30N6O5S. The summed E-state index contributed by atoms with van der Waals surface area (Å²) in [4.78, 5) is 63.3. The van der Waals surface area contributed by atoms with Crippen LogP contribution in [0.25, 0.3) is 0 Å². The molecule has 200 valence electrons. The number of hydrogen-bond acceptors (Lipinski definition) is 8. The van der Waals surface area contributed by atoms with E-state index in [1.54, 1.807) is 12.1 Å². The van der Waals surface area contributed by atoms with E-state index >= 15 is 0 Å². The number of aliphatic imine (C=N–C) groups is 1. The molecule has 1 aromatic carbocycles. The Morgan fingerprint density at radius 2 is 1.89 bits per heavy atom. The largest absolute Gasteiger partial charge is 0.494 e. The van der Waals surface area contributed by atoms with E-state index in [4.69, 9.17) is 12.2 Å². The van der Waals surface area contributed by atoms with Gasteiger partial charge in [-0.3, -0.25) is 38.7 Å². The number of benzene rings is 1. The van der Waals surface area contributed by atoms with E-state index in [0.717, 1.165) is 27.5 Å². The minimum Gasteiger partial charge on any atom is -0.494 e. The molecule has 4 heterocycles. The van der Waals surface area contributed by atoms with Crippen LogP contribution in [0.3, 0.4) is 0 Å². The predicted octanol–water partition coefficient (Wildman–Crippen LogP) is 2.89. The van der Waals surface area contributed by atoms with E-state index in [-0.39, 0.29) is 34.7 Å². The van der Waals surface area contributed by atoms with Gasteiger partial charge in [0.15, 0.2) is 10.2 Å². The number of carbonyl (C=O) groups excluding carboxylic acids is 3. The lowest BCUT2D eigenvalue weighted by Gasteiger charge is -2.50. The van der Waals surface area contributed by atoms with Crippen molar-refractivity contribution in [2.75, 3.05) is 25.5 Å². The second-order valence-corrected chi connectivity index (χ2v) is 10.6. The number of hydrogen-bond donors (Lipinski definition) is 2. The first kappa shape index (κ1) is 25.8. The fourth-order valence-electron chi connectivity index (χ4n) is 5.98. The second kappa shape index (κ2) is 9.19. The second-order valence-electron chi connectivity index (χ2n) is 10.2. The minimum absolute atomic E-state index is 0.0212. The van der Waals surface area contributed by atoms with Crippen molar-refractivity contribution < 1.29 is 19.5 Å². The van der Waals surface area contributed by atoms with Gasteiger partial charge in [-0.2, -0.15) is 0 Å². The standard InChI is InChI=1S/C26H30N6O5S/c1-5-14(2)32-21(34)17(20(33)28-24(32)38)13-27-16-8-9-18-15(11-16)12-26(19-7-6-10-31(18)19)22(35)29(3)25(37)30(4)23(26)36/h8-9,11,13-14,19,34H,5-7,10,12H2,1-4H3,(H,28,33,38)/t14-,19+/m0/s1. The van der Waals surface area contributed by atoms with Crippen LogP contribution in [0.15, 0.2) is 28.0 Å². The number of amides is 4. The number of imide groups is 2. The maximum Gasteiger partial charge on any atom is 0.332 e. The molecule has 12 heteroatoms. The van der Waals surface area contributed by atoms with E-state index in [1.165, 1.54) is 24.9 Å². The molecule has 0 aliphatic carbocycles. The van der Waals surface area contributed by atoms with Crippen molar-refractivity contribution in [3.63, 3.8) is 0 Å². The summed E-state index contributed by atoms with van der Waals surface area (Å²) in [5.74, 6) is -1.24. The summed E-state index contributed by atoms with van der Waals surface area (Å²) in [7, 11) is 2.82. The van der Waals surface area contributed by atoms with Gasteiger partial charge in [0.25, 0.3) is 5.56 Å². The summed E-state index contributed by atoms with van der Waals surface area (Å²) >= 11 is 5.23. The molecule has 3 aliphatic rings. The Labute approximate surface area is 224 Å². The molecule has 38 heavy (non-hydrogen) atoms. The van der Waals surface area contributed by atoms with Crippen LogP contribution in [0.2, 0.25) is 0 Å². The van der Waals surface area contributed by atoms with Gasteiger partial charge in [0, 0.05) is 38.6 Å². The van der Waals surface area contributed by atoms with Crippen molar-refractivity contribution in [1.82, 2.24) is 19.4 Å². The van der Waals surface area contributed by atoms with Gasteiger partial charge < -0.3 is 10.0 Å². The summed E-state index contributed by atoms with van der Waals surface area (Å²) in [5, 5.41) is 10.8. The molecule has 4 amide bonds. The third kappa shape index (κ3) is 3.61. The minimum atomic E-state index is -1.40.